The Bertz CT molecular complexity index is 742. The quantitative estimate of drug-likeness (QED) is 0.722. The van der Waals surface area contributed by atoms with Crippen LogP contribution in [0, 0.1) is 13.8 Å². The molecule has 1 amide bonds. The first kappa shape index (κ1) is 20.6. The van der Waals surface area contributed by atoms with E-state index in [2.05, 4.69) is 5.32 Å². The van der Waals surface area contributed by atoms with Crippen molar-refractivity contribution in [3.05, 3.63) is 53.6 Å². The van der Waals surface area contributed by atoms with Crippen molar-refractivity contribution in [3.63, 3.8) is 0 Å². The van der Waals surface area contributed by atoms with E-state index in [1.165, 1.54) is 0 Å². The Morgan fingerprint density at radius 3 is 2.37 bits per heavy atom. The summed E-state index contributed by atoms with van der Waals surface area (Å²) in [6.45, 7) is 8.25. The van der Waals surface area contributed by atoms with Gasteiger partial charge in [-0.2, -0.15) is 0 Å². The van der Waals surface area contributed by atoms with Crippen molar-refractivity contribution in [2.75, 3.05) is 13.7 Å². The SMILES string of the molecule is CC[C@H](Oc1cccc(C)c1C)C(=O)N[C@H](C)COc1ccc(OC)cc1. The van der Waals surface area contributed by atoms with E-state index in [4.69, 9.17) is 14.2 Å². The normalized spacial score (nSPS) is 12.8. The number of carbonyl (C=O) groups is 1. The third-order valence-corrected chi connectivity index (χ3v) is 4.44. The first-order chi connectivity index (χ1) is 12.9. The highest BCUT2D eigenvalue weighted by Gasteiger charge is 2.21. The fraction of sp³-hybridized carbons (Fsp3) is 0.409. The smallest absolute Gasteiger partial charge is 0.261 e. The number of benzene rings is 2. The fourth-order valence-corrected chi connectivity index (χ4v) is 2.60. The molecule has 27 heavy (non-hydrogen) atoms. The van der Waals surface area contributed by atoms with Crippen molar-refractivity contribution in [2.45, 2.75) is 46.3 Å². The zero-order chi connectivity index (χ0) is 19.8. The third kappa shape index (κ3) is 5.91. The van der Waals surface area contributed by atoms with Gasteiger partial charge >= 0.3 is 0 Å². The van der Waals surface area contributed by atoms with E-state index in [0.717, 1.165) is 28.4 Å². The molecule has 0 radical (unpaired) electrons. The number of carbonyl (C=O) groups excluding carboxylic acids is 1. The molecule has 5 heteroatoms. The summed E-state index contributed by atoms with van der Waals surface area (Å²) < 4.78 is 16.8. The zero-order valence-electron chi connectivity index (χ0n) is 16.7. The average molecular weight is 371 g/mol. The maximum atomic E-state index is 12.6. The van der Waals surface area contributed by atoms with E-state index >= 15 is 0 Å². The Labute approximate surface area is 161 Å². The summed E-state index contributed by atoms with van der Waals surface area (Å²) in [5.41, 5.74) is 2.20. The van der Waals surface area contributed by atoms with Crippen LogP contribution in [-0.2, 0) is 4.79 Å². The van der Waals surface area contributed by atoms with Gasteiger partial charge in [-0.25, -0.2) is 0 Å². The number of hydrogen-bond donors (Lipinski definition) is 1. The van der Waals surface area contributed by atoms with Gasteiger partial charge in [0.05, 0.1) is 13.2 Å². The Hall–Kier alpha value is -2.69. The molecule has 146 valence electrons. The monoisotopic (exact) mass is 371 g/mol. The number of nitrogens with one attached hydrogen (secondary N) is 1. The molecule has 0 spiro atoms. The van der Waals surface area contributed by atoms with E-state index in [9.17, 15) is 4.79 Å². The van der Waals surface area contributed by atoms with Gasteiger partial charge in [0.25, 0.3) is 5.91 Å². The molecule has 0 bridgehead atoms. The van der Waals surface area contributed by atoms with Gasteiger partial charge in [-0.15, -0.1) is 0 Å². The molecule has 2 aromatic carbocycles. The molecular weight excluding hydrogens is 342 g/mol. The summed E-state index contributed by atoms with van der Waals surface area (Å²) in [4.78, 5) is 12.6. The standard InChI is InChI=1S/C22H29NO4/c1-6-20(27-21-9-7-8-15(2)17(21)4)22(24)23-16(3)14-26-19-12-10-18(25-5)11-13-19/h7-13,16,20H,6,14H2,1-5H3,(H,23,24)/t16-,20+/m1/s1. The van der Waals surface area contributed by atoms with E-state index in [0.29, 0.717) is 13.0 Å². The molecule has 0 aromatic heterocycles. The Morgan fingerprint density at radius 2 is 1.74 bits per heavy atom. The molecule has 1 N–H and O–H groups in total. The maximum absolute atomic E-state index is 12.6. The van der Waals surface area contributed by atoms with Crippen LogP contribution >= 0.6 is 0 Å². The van der Waals surface area contributed by atoms with Gasteiger partial charge in [-0.05, 0) is 68.7 Å². The largest absolute Gasteiger partial charge is 0.497 e. The van der Waals surface area contributed by atoms with Crippen molar-refractivity contribution < 1.29 is 19.0 Å². The molecule has 0 saturated carbocycles. The minimum atomic E-state index is -0.533. The van der Waals surface area contributed by atoms with E-state index in [1.54, 1.807) is 7.11 Å². The molecule has 2 atom stereocenters. The second-order valence-electron chi connectivity index (χ2n) is 6.61. The molecule has 0 saturated heterocycles. The van der Waals surface area contributed by atoms with Gasteiger partial charge in [-0.1, -0.05) is 19.1 Å². The Balaban J connectivity index is 1.88. The van der Waals surface area contributed by atoms with Crippen LogP contribution in [0.4, 0.5) is 0 Å². The van der Waals surface area contributed by atoms with Crippen molar-refractivity contribution in [1.29, 1.82) is 0 Å². The van der Waals surface area contributed by atoms with Crippen LogP contribution in [0.25, 0.3) is 0 Å². The van der Waals surface area contributed by atoms with E-state index < -0.39 is 6.10 Å². The van der Waals surface area contributed by atoms with E-state index in [-0.39, 0.29) is 11.9 Å². The van der Waals surface area contributed by atoms with Crippen LogP contribution in [-0.4, -0.2) is 31.8 Å². The molecule has 0 aliphatic rings. The summed E-state index contributed by atoms with van der Waals surface area (Å²) in [6, 6.07) is 13.1. The van der Waals surface area contributed by atoms with Crippen LogP contribution in [0.15, 0.2) is 42.5 Å². The molecule has 0 heterocycles. The summed E-state index contributed by atoms with van der Waals surface area (Å²) in [7, 11) is 1.62. The zero-order valence-corrected chi connectivity index (χ0v) is 16.7. The van der Waals surface area contributed by atoms with Crippen molar-refractivity contribution in [3.8, 4) is 17.2 Å². The lowest BCUT2D eigenvalue weighted by Gasteiger charge is -2.22. The van der Waals surface area contributed by atoms with Crippen molar-refractivity contribution in [2.24, 2.45) is 0 Å². The summed E-state index contributed by atoms with van der Waals surface area (Å²) >= 11 is 0. The van der Waals surface area contributed by atoms with Gasteiger partial charge in [0.2, 0.25) is 0 Å². The summed E-state index contributed by atoms with van der Waals surface area (Å²) in [6.07, 6.45) is 0.0552. The van der Waals surface area contributed by atoms with Crippen molar-refractivity contribution >= 4 is 5.91 Å². The maximum Gasteiger partial charge on any atom is 0.261 e. The molecule has 0 aliphatic heterocycles. The van der Waals surface area contributed by atoms with Crippen molar-refractivity contribution in [1.82, 2.24) is 5.32 Å². The predicted octanol–water partition coefficient (Wildman–Crippen LogP) is 4.05. The number of hydrogen-bond acceptors (Lipinski definition) is 4. The minimum Gasteiger partial charge on any atom is -0.497 e. The molecule has 0 fully saturated rings. The highest BCUT2D eigenvalue weighted by molar-refractivity contribution is 5.81. The lowest BCUT2D eigenvalue weighted by Crippen LogP contribution is -2.44. The second-order valence-corrected chi connectivity index (χ2v) is 6.61. The number of aryl methyl sites for hydroxylation is 1. The first-order valence-corrected chi connectivity index (χ1v) is 9.24. The van der Waals surface area contributed by atoms with Gasteiger partial charge < -0.3 is 19.5 Å². The van der Waals surface area contributed by atoms with Gasteiger partial charge in [0.1, 0.15) is 23.9 Å². The summed E-state index contributed by atoms with van der Waals surface area (Å²) in [5, 5.41) is 2.96. The third-order valence-electron chi connectivity index (χ3n) is 4.44. The van der Waals surface area contributed by atoms with Crippen LogP contribution in [0.3, 0.4) is 0 Å². The Morgan fingerprint density at radius 1 is 1.07 bits per heavy atom. The lowest BCUT2D eigenvalue weighted by molar-refractivity contribution is -0.129. The highest BCUT2D eigenvalue weighted by atomic mass is 16.5. The molecular formula is C22H29NO4. The molecule has 2 aromatic rings. The Kier molecular flexibility index (Phi) is 7.53. The van der Waals surface area contributed by atoms with Crippen LogP contribution < -0.4 is 19.5 Å². The topological polar surface area (TPSA) is 56.8 Å². The van der Waals surface area contributed by atoms with Crippen LogP contribution in [0.2, 0.25) is 0 Å². The van der Waals surface area contributed by atoms with Crippen LogP contribution in [0.5, 0.6) is 17.2 Å². The van der Waals surface area contributed by atoms with Crippen LogP contribution in [0.1, 0.15) is 31.4 Å². The number of amides is 1. The second kappa shape index (κ2) is 9.86. The fourth-order valence-electron chi connectivity index (χ4n) is 2.60. The van der Waals surface area contributed by atoms with Gasteiger partial charge in [-0.3, -0.25) is 4.79 Å². The number of ether oxygens (including phenoxy) is 3. The first-order valence-electron chi connectivity index (χ1n) is 9.24. The van der Waals surface area contributed by atoms with Gasteiger partial charge in [0.15, 0.2) is 6.10 Å². The average Bonchev–Trinajstić information content (AvgIpc) is 2.67. The predicted molar refractivity (Wildman–Crippen MR) is 107 cm³/mol. The number of methoxy groups -OCH3 is 1. The molecule has 5 nitrogen and oxygen atoms in total. The highest BCUT2D eigenvalue weighted by Crippen LogP contribution is 2.22. The molecule has 0 aliphatic carbocycles. The van der Waals surface area contributed by atoms with Gasteiger partial charge in [0, 0.05) is 0 Å². The number of rotatable bonds is 9. The molecule has 2 rings (SSSR count). The summed E-state index contributed by atoms with van der Waals surface area (Å²) in [5.74, 6) is 2.12. The minimum absolute atomic E-state index is 0.135. The lowest BCUT2D eigenvalue weighted by atomic mass is 10.1. The molecule has 0 unspecified atom stereocenters. The van der Waals surface area contributed by atoms with E-state index in [1.807, 2.05) is 70.2 Å².